The summed E-state index contributed by atoms with van der Waals surface area (Å²) >= 11 is 0. The average Bonchev–Trinajstić information content (AvgIpc) is 3.79. The third kappa shape index (κ3) is 8.76. The van der Waals surface area contributed by atoms with Gasteiger partial charge in [0.1, 0.15) is 0 Å². The molecular weight excluding hydrogens is 649 g/mol. The fourth-order valence-electron chi connectivity index (χ4n) is 7.59. The minimum Gasteiger partial charge on any atom is -0.466 e. The summed E-state index contributed by atoms with van der Waals surface area (Å²) in [6, 6.07) is 0. The van der Waals surface area contributed by atoms with Crippen LogP contribution in [0.15, 0.2) is 0 Å². The minimum absolute atomic E-state index is 0.169. The van der Waals surface area contributed by atoms with Gasteiger partial charge in [-0.25, -0.2) is 0 Å². The lowest BCUT2D eigenvalue weighted by atomic mass is 10.0. The lowest BCUT2D eigenvalue weighted by Crippen LogP contribution is -2.15. The van der Waals surface area contributed by atoms with Crippen molar-refractivity contribution in [2.45, 2.75) is 132 Å². The van der Waals surface area contributed by atoms with Gasteiger partial charge in [0.05, 0.1) is 13.2 Å². The van der Waals surface area contributed by atoms with Gasteiger partial charge in [-0.05, 0) is 135 Å². The van der Waals surface area contributed by atoms with Crippen LogP contribution in [0.5, 0.6) is 0 Å². The third-order valence-corrected chi connectivity index (χ3v) is 10.8. The second-order valence-corrected chi connectivity index (χ2v) is 14.4. The number of aromatic nitrogens is 4. The first-order chi connectivity index (χ1) is 25.1. The van der Waals surface area contributed by atoms with Gasteiger partial charge >= 0.3 is 11.9 Å². The maximum Gasteiger partial charge on any atom is 0.306 e. The lowest BCUT2D eigenvalue weighted by molar-refractivity contribution is -0.144. The Balaban J connectivity index is 1.69. The monoisotopic (exact) mass is 708 g/mol. The standard InChI is InChI=1S/C44H60N4O4/c1-9-13-15-21-51-43(49)19-17-33-29(7)36-23-35-27(5)31(11-3)39(45-35)24-37-28(6)32(12-4)40(46-37)25-38-30(8)34(42(48-38)26-41(33)47-36)18-20-44(50)52-22-16-14-10-2/h23-26,45-48H,9-22H2,1-8H3. The van der Waals surface area contributed by atoms with Gasteiger partial charge in [0.2, 0.25) is 0 Å². The zero-order valence-corrected chi connectivity index (χ0v) is 32.8. The Hall–Kier alpha value is -4.46. The molecule has 280 valence electrons. The summed E-state index contributed by atoms with van der Waals surface area (Å²) in [5.74, 6) is -0.338. The quantitative estimate of drug-likeness (QED) is 0.0710. The number of fused-ring (bicyclic) bond motifs is 8. The zero-order valence-electron chi connectivity index (χ0n) is 32.8. The van der Waals surface area contributed by atoms with Crippen LogP contribution in [0.25, 0.3) is 24.3 Å². The van der Waals surface area contributed by atoms with Crippen molar-refractivity contribution in [2.24, 2.45) is 0 Å². The van der Waals surface area contributed by atoms with E-state index in [4.69, 9.17) is 9.47 Å². The van der Waals surface area contributed by atoms with E-state index in [0.29, 0.717) is 38.9 Å². The molecule has 0 saturated carbocycles. The molecule has 0 atom stereocenters. The summed E-state index contributed by atoms with van der Waals surface area (Å²) in [4.78, 5) is 40.7. The molecule has 5 heterocycles. The first kappa shape index (κ1) is 38.8. The molecule has 8 bridgehead atoms. The van der Waals surface area contributed by atoms with Gasteiger partial charge < -0.3 is 29.4 Å². The number of aromatic amines is 4. The predicted molar refractivity (Wildman–Crippen MR) is 211 cm³/mol. The second-order valence-electron chi connectivity index (χ2n) is 14.4. The summed E-state index contributed by atoms with van der Waals surface area (Å²) < 4.78 is 11.2. The SMILES string of the molecule is CCCCCOC(=O)CCc1c2[nH]c(c1C)C=c1[nH]c(c(C)c1CC)=Cc1[nH]c(c(C)c1CC)C=c1[nH]c(c(CCC(=O)OCCCCC)c1C)=C2. The largest absolute Gasteiger partial charge is 0.466 e. The van der Waals surface area contributed by atoms with E-state index in [-0.39, 0.29) is 11.9 Å². The number of hydrogen-bond donors (Lipinski definition) is 4. The number of H-pyrrole nitrogens is 4. The van der Waals surface area contributed by atoms with Crippen LogP contribution in [0.1, 0.15) is 146 Å². The molecule has 5 rings (SSSR count). The van der Waals surface area contributed by atoms with Gasteiger partial charge in [-0.2, -0.15) is 0 Å². The lowest BCUT2D eigenvalue weighted by Gasteiger charge is -2.06. The topological polar surface area (TPSA) is 116 Å². The number of nitrogens with one attached hydrogen (secondary N) is 4. The van der Waals surface area contributed by atoms with E-state index in [9.17, 15) is 9.59 Å². The van der Waals surface area contributed by atoms with Crippen LogP contribution in [0.3, 0.4) is 0 Å². The number of carbonyl (C=O) groups is 2. The molecule has 0 saturated heterocycles. The van der Waals surface area contributed by atoms with Gasteiger partial charge in [-0.3, -0.25) is 9.59 Å². The van der Waals surface area contributed by atoms with Crippen molar-refractivity contribution in [3.63, 3.8) is 0 Å². The normalized spacial score (nSPS) is 12.2. The van der Waals surface area contributed by atoms with E-state index in [0.717, 1.165) is 118 Å². The zero-order chi connectivity index (χ0) is 37.4. The van der Waals surface area contributed by atoms with Crippen LogP contribution in [-0.4, -0.2) is 45.1 Å². The molecule has 1 aliphatic rings. The second kappa shape index (κ2) is 17.8. The molecule has 4 aromatic rings. The van der Waals surface area contributed by atoms with E-state index in [1.54, 1.807) is 0 Å². The summed E-state index contributed by atoms with van der Waals surface area (Å²) in [6.45, 7) is 18.3. The molecule has 8 nitrogen and oxygen atoms in total. The highest BCUT2D eigenvalue weighted by molar-refractivity contribution is 5.72. The molecule has 8 heteroatoms. The van der Waals surface area contributed by atoms with Crippen molar-refractivity contribution in [2.75, 3.05) is 13.2 Å². The Morgan fingerprint density at radius 2 is 0.904 bits per heavy atom. The molecule has 0 unspecified atom stereocenters. The van der Waals surface area contributed by atoms with Gasteiger partial charge in [-0.1, -0.05) is 53.4 Å². The summed E-state index contributed by atoms with van der Waals surface area (Å²) in [6.07, 6.45) is 18.4. The Morgan fingerprint density at radius 3 is 1.44 bits per heavy atom. The van der Waals surface area contributed by atoms with Crippen molar-refractivity contribution in [1.82, 2.24) is 19.9 Å². The Morgan fingerprint density at radius 1 is 0.481 bits per heavy atom. The number of unbranched alkanes of at least 4 members (excludes halogenated alkanes) is 4. The van der Waals surface area contributed by atoms with Crippen molar-refractivity contribution < 1.29 is 19.1 Å². The summed E-state index contributed by atoms with van der Waals surface area (Å²) in [5, 5.41) is 4.13. The van der Waals surface area contributed by atoms with Gasteiger partial charge in [0.15, 0.2) is 0 Å². The van der Waals surface area contributed by atoms with Crippen LogP contribution < -0.4 is 21.4 Å². The third-order valence-electron chi connectivity index (χ3n) is 10.8. The van der Waals surface area contributed by atoms with E-state index < -0.39 is 0 Å². The highest BCUT2D eigenvalue weighted by Gasteiger charge is 2.18. The molecule has 0 spiro atoms. The van der Waals surface area contributed by atoms with E-state index >= 15 is 0 Å². The number of rotatable bonds is 16. The van der Waals surface area contributed by atoms with Crippen LogP contribution in [0.4, 0.5) is 0 Å². The Bertz CT molecular complexity index is 2140. The van der Waals surface area contributed by atoms with Crippen LogP contribution in [0, 0.1) is 27.7 Å². The Kier molecular flexibility index (Phi) is 13.3. The molecule has 0 aromatic carbocycles. The smallest absolute Gasteiger partial charge is 0.306 e. The van der Waals surface area contributed by atoms with Crippen molar-refractivity contribution in [3.05, 3.63) is 88.7 Å². The average molecular weight is 709 g/mol. The molecule has 0 aliphatic carbocycles. The van der Waals surface area contributed by atoms with Crippen molar-refractivity contribution >= 4 is 36.2 Å². The van der Waals surface area contributed by atoms with Crippen molar-refractivity contribution in [1.29, 1.82) is 0 Å². The van der Waals surface area contributed by atoms with Crippen LogP contribution in [0.2, 0.25) is 0 Å². The minimum atomic E-state index is -0.169. The predicted octanol–water partition coefficient (Wildman–Crippen LogP) is 6.32. The molecule has 0 radical (unpaired) electrons. The molecule has 4 N–H and O–H groups in total. The number of ether oxygens (including phenoxy) is 2. The molecule has 0 fully saturated rings. The van der Waals surface area contributed by atoms with Crippen LogP contribution in [-0.2, 0) is 44.7 Å². The number of esters is 2. The summed E-state index contributed by atoms with van der Waals surface area (Å²) in [7, 11) is 0. The molecule has 1 aliphatic heterocycles. The molecule has 0 amide bonds. The maximum absolute atomic E-state index is 12.9. The highest BCUT2D eigenvalue weighted by Crippen LogP contribution is 2.24. The fraction of sp³-hybridized carbons (Fsp3) is 0.500. The van der Waals surface area contributed by atoms with Crippen molar-refractivity contribution in [3.8, 4) is 0 Å². The van der Waals surface area contributed by atoms with Gasteiger partial charge in [0, 0.05) is 57.0 Å². The van der Waals surface area contributed by atoms with Gasteiger partial charge in [-0.15, -0.1) is 0 Å². The number of hydrogen-bond acceptors (Lipinski definition) is 4. The first-order valence-corrected chi connectivity index (χ1v) is 19.7. The van der Waals surface area contributed by atoms with Gasteiger partial charge in [0.25, 0.3) is 0 Å². The Labute approximate surface area is 308 Å². The first-order valence-electron chi connectivity index (χ1n) is 19.7. The highest BCUT2D eigenvalue weighted by atomic mass is 16.5. The fourth-order valence-corrected chi connectivity index (χ4v) is 7.59. The molecule has 4 aromatic heterocycles. The summed E-state index contributed by atoms with van der Waals surface area (Å²) in [5.41, 5.74) is 13.6. The van der Waals surface area contributed by atoms with E-state index in [2.05, 4.69) is 99.6 Å². The molecule has 52 heavy (non-hydrogen) atoms. The van der Waals surface area contributed by atoms with Crippen LogP contribution >= 0.6 is 0 Å². The maximum atomic E-state index is 12.9. The van der Waals surface area contributed by atoms with E-state index in [1.807, 2.05) is 0 Å². The molecular formula is C44H60N4O4. The van der Waals surface area contributed by atoms with E-state index in [1.165, 1.54) is 22.3 Å². The number of carbonyl (C=O) groups excluding carboxylic acids is 2.